The number of aliphatic imine (C=N–C) groups is 1. The fraction of sp³-hybridized carbons (Fsp3) is 0.111. The lowest BCUT2D eigenvalue weighted by atomic mass is 10.1. The van der Waals surface area contributed by atoms with Crippen LogP contribution in [0.15, 0.2) is 62.5 Å². The Bertz CT molecular complexity index is 956. The van der Waals surface area contributed by atoms with Crippen LogP contribution in [0.2, 0.25) is 0 Å². The average molecular weight is 350 g/mol. The number of hydrogen-bond acceptors (Lipinski definition) is 5. The van der Waals surface area contributed by atoms with E-state index >= 15 is 0 Å². The number of nitrogens with one attached hydrogen (secondary N) is 1. The molecule has 3 heterocycles. The molecule has 1 amide bonds. The van der Waals surface area contributed by atoms with Crippen molar-refractivity contribution in [1.82, 2.24) is 5.01 Å². The Hall–Kier alpha value is -2.93. The van der Waals surface area contributed by atoms with E-state index in [4.69, 9.17) is 9.83 Å². The van der Waals surface area contributed by atoms with Gasteiger partial charge in [-0.05, 0) is 36.4 Å². The molecular formula is C18H14N4O2S. The summed E-state index contributed by atoms with van der Waals surface area (Å²) in [5.41, 5.74) is 1.12. The van der Waals surface area contributed by atoms with Gasteiger partial charge in [0.05, 0.1) is 5.57 Å². The Morgan fingerprint density at radius 2 is 2.04 bits per heavy atom. The molecule has 0 fully saturated rings. The van der Waals surface area contributed by atoms with Crippen molar-refractivity contribution in [2.24, 2.45) is 10.1 Å². The van der Waals surface area contributed by atoms with Crippen molar-refractivity contribution in [3.63, 3.8) is 0 Å². The summed E-state index contributed by atoms with van der Waals surface area (Å²) < 4.78 is 5.79. The van der Waals surface area contributed by atoms with Gasteiger partial charge < -0.3 is 4.42 Å². The van der Waals surface area contributed by atoms with E-state index in [0.717, 1.165) is 17.0 Å². The molecule has 1 aromatic heterocycles. The van der Waals surface area contributed by atoms with Crippen LogP contribution in [0.1, 0.15) is 19.1 Å². The van der Waals surface area contributed by atoms with Gasteiger partial charge in [-0.25, -0.2) is 0 Å². The third-order valence-corrected chi connectivity index (χ3v) is 4.82. The number of amidine groups is 2. The van der Waals surface area contributed by atoms with Crippen molar-refractivity contribution >= 4 is 39.8 Å². The summed E-state index contributed by atoms with van der Waals surface area (Å²) in [6.07, 6.45) is 2.28. The van der Waals surface area contributed by atoms with Crippen LogP contribution in [0.5, 0.6) is 0 Å². The summed E-state index contributed by atoms with van der Waals surface area (Å²) >= 11 is 1.33. The SMILES string of the molecule is CCC1=NN2C(=N)C(=Cc3ccc(-c4ccccc4)o3)C(=O)N=C2S1. The third kappa shape index (κ3) is 2.83. The zero-order valence-corrected chi connectivity index (χ0v) is 14.2. The zero-order chi connectivity index (χ0) is 17.4. The van der Waals surface area contributed by atoms with Gasteiger partial charge in [-0.3, -0.25) is 10.2 Å². The molecule has 0 radical (unpaired) electrons. The quantitative estimate of drug-likeness (QED) is 0.849. The number of thioether (sulfide) groups is 1. The molecule has 2 aromatic rings. The van der Waals surface area contributed by atoms with Crippen molar-refractivity contribution in [1.29, 1.82) is 5.41 Å². The molecule has 6 nitrogen and oxygen atoms in total. The number of amides is 1. The molecule has 124 valence electrons. The standard InChI is InChI=1S/C18H14N4O2S/c1-2-15-21-22-16(19)13(17(23)20-18(22)25-15)10-12-8-9-14(24-12)11-6-4-3-5-7-11/h3-10,19H,2H2,1H3. The molecule has 0 spiro atoms. The zero-order valence-electron chi connectivity index (χ0n) is 13.4. The fourth-order valence-corrected chi connectivity index (χ4v) is 3.33. The molecular weight excluding hydrogens is 336 g/mol. The van der Waals surface area contributed by atoms with Gasteiger partial charge in [0.2, 0.25) is 5.17 Å². The second kappa shape index (κ2) is 6.18. The number of hydrazone groups is 1. The molecule has 25 heavy (non-hydrogen) atoms. The second-order valence-electron chi connectivity index (χ2n) is 5.44. The molecule has 0 aliphatic carbocycles. The lowest BCUT2D eigenvalue weighted by molar-refractivity contribution is -0.114. The third-order valence-electron chi connectivity index (χ3n) is 3.77. The molecule has 2 aliphatic rings. The van der Waals surface area contributed by atoms with E-state index in [1.165, 1.54) is 16.8 Å². The normalized spacial score (nSPS) is 18.4. The first-order chi connectivity index (χ1) is 12.2. The minimum Gasteiger partial charge on any atom is -0.457 e. The van der Waals surface area contributed by atoms with Gasteiger partial charge >= 0.3 is 0 Å². The Morgan fingerprint density at radius 3 is 2.80 bits per heavy atom. The van der Waals surface area contributed by atoms with Crippen LogP contribution < -0.4 is 0 Å². The van der Waals surface area contributed by atoms with E-state index in [-0.39, 0.29) is 11.4 Å². The molecule has 0 saturated carbocycles. The minimum atomic E-state index is -0.450. The maximum absolute atomic E-state index is 12.3. The van der Waals surface area contributed by atoms with Crippen molar-refractivity contribution in [3.8, 4) is 11.3 Å². The Labute approximate surface area is 148 Å². The number of carbonyl (C=O) groups excluding carboxylic acids is 1. The van der Waals surface area contributed by atoms with Gasteiger partial charge in [0.15, 0.2) is 5.84 Å². The van der Waals surface area contributed by atoms with Crippen LogP contribution in [0.4, 0.5) is 0 Å². The summed E-state index contributed by atoms with van der Waals surface area (Å²) in [7, 11) is 0. The van der Waals surface area contributed by atoms with Gasteiger partial charge in [0.25, 0.3) is 5.91 Å². The highest BCUT2D eigenvalue weighted by Gasteiger charge is 2.35. The van der Waals surface area contributed by atoms with E-state index in [2.05, 4.69) is 10.1 Å². The highest BCUT2D eigenvalue weighted by molar-refractivity contribution is 8.26. The van der Waals surface area contributed by atoms with E-state index in [1.807, 2.05) is 43.3 Å². The Kier molecular flexibility index (Phi) is 3.85. The summed E-state index contributed by atoms with van der Waals surface area (Å²) in [6, 6.07) is 13.3. The molecule has 7 heteroatoms. The van der Waals surface area contributed by atoms with E-state index in [0.29, 0.717) is 16.7 Å². The van der Waals surface area contributed by atoms with Gasteiger partial charge in [0.1, 0.15) is 16.6 Å². The van der Waals surface area contributed by atoms with Crippen molar-refractivity contribution in [3.05, 3.63) is 53.8 Å². The minimum absolute atomic E-state index is 0.0172. The predicted octanol–water partition coefficient (Wildman–Crippen LogP) is 3.98. The molecule has 0 bridgehead atoms. The number of rotatable bonds is 3. The van der Waals surface area contributed by atoms with Crippen LogP contribution in [-0.2, 0) is 4.79 Å². The summed E-state index contributed by atoms with van der Waals surface area (Å²) in [5.74, 6) is 0.768. The van der Waals surface area contributed by atoms with E-state index in [1.54, 1.807) is 12.1 Å². The maximum Gasteiger partial charge on any atom is 0.283 e. The summed E-state index contributed by atoms with van der Waals surface area (Å²) in [6.45, 7) is 1.97. The van der Waals surface area contributed by atoms with Gasteiger partial charge in [0, 0.05) is 5.56 Å². The summed E-state index contributed by atoms with van der Waals surface area (Å²) in [4.78, 5) is 16.3. The van der Waals surface area contributed by atoms with Crippen LogP contribution >= 0.6 is 11.8 Å². The number of furan rings is 1. The molecule has 4 rings (SSSR count). The Morgan fingerprint density at radius 1 is 1.24 bits per heavy atom. The highest BCUT2D eigenvalue weighted by Crippen LogP contribution is 2.30. The monoisotopic (exact) mass is 350 g/mol. The number of hydrogen-bond donors (Lipinski definition) is 1. The van der Waals surface area contributed by atoms with Crippen LogP contribution in [0.25, 0.3) is 17.4 Å². The molecule has 1 N–H and O–H groups in total. The first-order valence-corrected chi connectivity index (χ1v) is 8.61. The van der Waals surface area contributed by atoms with Crippen molar-refractivity contribution < 1.29 is 9.21 Å². The lowest BCUT2D eigenvalue weighted by Gasteiger charge is -2.19. The fourth-order valence-electron chi connectivity index (χ4n) is 2.50. The molecule has 0 atom stereocenters. The smallest absolute Gasteiger partial charge is 0.283 e. The first-order valence-electron chi connectivity index (χ1n) is 7.80. The molecule has 0 saturated heterocycles. The number of nitrogens with zero attached hydrogens (tertiary/aromatic N) is 3. The van der Waals surface area contributed by atoms with Crippen LogP contribution in [-0.4, -0.2) is 27.0 Å². The average Bonchev–Trinajstić information content (AvgIpc) is 3.26. The van der Waals surface area contributed by atoms with E-state index < -0.39 is 5.91 Å². The highest BCUT2D eigenvalue weighted by atomic mass is 32.2. The molecule has 2 aliphatic heterocycles. The first kappa shape index (κ1) is 15.6. The van der Waals surface area contributed by atoms with Crippen molar-refractivity contribution in [2.45, 2.75) is 13.3 Å². The predicted molar refractivity (Wildman–Crippen MR) is 99.4 cm³/mol. The lowest BCUT2D eigenvalue weighted by Crippen LogP contribution is -2.35. The van der Waals surface area contributed by atoms with Crippen molar-refractivity contribution in [2.75, 3.05) is 0 Å². The van der Waals surface area contributed by atoms with Crippen LogP contribution in [0, 0.1) is 5.41 Å². The molecule has 1 aromatic carbocycles. The molecule has 0 unspecified atom stereocenters. The maximum atomic E-state index is 12.3. The van der Waals surface area contributed by atoms with E-state index in [9.17, 15) is 4.79 Å². The Balaban J connectivity index is 1.66. The van der Waals surface area contributed by atoms with Gasteiger partial charge in [-0.2, -0.15) is 15.1 Å². The second-order valence-corrected chi connectivity index (χ2v) is 6.48. The number of fused-ring (bicyclic) bond motifs is 1. The number of carbonyl (C=O) groups is 1. The topological polar surface area (TPSA) is 82.0 Å². The van der Waals surface area contributed by atoms with Gasteiger partial charge in [-0.15, -0.1) is 0 Å². The number of benzene rings is 1. The summed E-state index contributed by atoms with van der Waals surface area (Å²) in [5, 5.41) is 15.3. The van der Waals surface area contributed by atoms with Crippen LogP contribution in [0.3, 0.4) is 0 Å². The largest absolute Gasteiger partial charge is 0.457 e. The van der Waals surface area contributed by atoms with Gasteiger partial charge in [-0.1, -0.05) is 37.3 Å².